The number of para-hydroxylation sites is 1. The zero-order chi connectivity index (χ0) is 17.9. The number of aromatic nitrogens is 3. The van der Waals surface area contributed by atoms with E-state index in [9.17, 15) is 9.59 Å². The molecule has 7 heteroatoms. The van der Waals surface area contributed by atoms with E-state index in [0.717, 1.165) is 16.7 Å². The highest BCUT2D eigenvalue weighted by Crippen LogP contribution is 2.14. The molecule has 0 spiro atoms. The SMILES string of the molecule is O=C(Cc1cc2ccccc2[nH]c1=O)N1CCN(c2cccnn2)CC1. The van der Waals surface area contributed by atoms with Crippen molar-refractivity contribution >= 4 is 22.6 Å². The van der Waals surface area contributed by atoms with Crippen molar-refractivity contribution in [2.75, 3.05) is 31.1 Å². The van der Waals surface area contributed by atoms with Crippen LogP contribution in [0.1, 0.15) is 5.56 Å². The summed E-state index contributed by atoms with van der Waals surface area (Å²) in [5.41, 5.74) is 1.09. The lowest BCUT2D eigenvalue weighted by atomic mass is 10.1. The molecule has 0 bridgehead atoms. The standard InChI is InChI=1S/C19H19N5O2/c25-18(13-15-12-14-4-1-2-5-16(14)21-19(15)26)24-10-8-23(9-11-24)17-6-3-7-20-22-17/h1-7,12H,8-11,13H2,(H,21,26). The van der Waals surface area contributed by atoms with Crippen LogP contribution in [0.3, 0.4) is 0 Å². The highest BCUT2D eigenvalue weighted by atomic mass is 16.2. The van der Waals surface area contributed by atoms with Crippen LogP contribution in [0.4, 0.5) is 5.82 Å². The molecule has 1 amide bonds. The fourth-order valence-electron chi connectivity index (χ4n) is 3.25. The number of nitrogens with one attached hydrogen (secondary N) is 1. The lowest BCUT2D eigenvalue weighted by Crippen LogP contribution is -2.49. The Morgan fingerprint density at radius 2 is 1.88 bits per heavy atom. The van der Waals surface area contributed by atoms with Crippen molar-refractivity contribution in [2.45, 2.75) is 6.42 Å². The van der Waals surface area contributed by atoms with Crippen molar-refractivity contribution in [1.29, 1.82) is 0 Å². The van der Waals surface area contributed by atoms with E-state index >= 15 is 0 Å². The van der Waals surface area contributed by atoms with Crippen LogP contribution in [-0.2, 0) is 11.2 Å². The molecule has 1 aliphatic heterocycles. The Morgan fingerprint density at radius 3 is 2.65 bits per heavy atom. The van der Waals surface area contributed by atoms with Gasteiger partial charge in [0.1, 0.15) is 0 Å². The molecule has 1 aliphatic rings. The molecule has 0 unspecified atom stereocenters. The molecular weight excluding hydrogens is 330 g/mol. The lowest BCUT2D eigenvalue weighted by molar-refractivity contribution is -0.130. The summed E-state index contributed by atoms with van der Waals surface area (Å²) in [7, 11) is 0. The predicted octanol–water partition coefficient (Wildman–Crippen LogP) is 1.21. The zero-order valence-corrected chi connectivity index (χ0v) is 14.3. The molecule has 0 saturated carbocycles. The molecule has 0 radical (unpaired) electrons. The molecule has 0 atom stereocenters. The van der Waals surface area contributed by atoms with Crippen LogP contribution in [0.15, 0.2) is 53.5 Å². The molecule has 1 fully saturated rings. The van der Waals surface area contributed by atoms with Gasteiger partial charge in [0.05, 0.1) is 6.42 Å². The van der Waals surface area contributed by atoms with Gasteiger partial charge in [0, 0.05) is 43.5 Å². The minimum absolute atomic E-state index is 0.0235. The Kier molecular flexibility index (Phi) is 4.35. The molecule has 2 aromatic heterocycles. The van der Waals surface area contributed by atoms with E-state index in [0.29, 0.717) is 31.7 Å². The fraction of sp³-hybridized carbons (Fsp3) is 0.263. The van der Waals surface area contributed by atoms with Crippen LogP contribution < -0.4 is 10.5 Å². The topological polar surface area (TPSA) is 82.2 Å². The third-order valence-corrected chi connectivity index (χ3v) is 4.69. The first kappa shape index (κ1) is 16.3. The molecule has 132 valence electrons. The number of anilines is 1. The normalized spacial score (nSPS) is 14.6. The Balaban J connectivity index is 1.43. The molecule has 7 nitrogen and oxygen atoms in total. The number of carbonyl (C=O) groups excluding carboxylic acids is 1. The number of piperazine rings is 1. The average Bonchev–Trinajstić information content (AvgIpc) is 2.69. The van der Waals surface area contributed by atoms with E-state index in [2.05, 4.69) is 20.1 Å². The monoisotopic (exact) mass is 349 g/mol. The second kappa shape index (κ2) is 6.95. The largest absolute Gasteiger partial charge is 0.352 e. The van der Waals surface area contributed by atoms with E-state index < -0.39 is 0 Å². The van der Waals surface area contributed by atoms with Crippen LogP contribution in [-0.4, -0.2) is 52.2 Å². The maximum absolute atomic E-state index is 12.6. The quantitative estimate of drug-likeness (QED) is 0.769. The molecule has 26 heavy (non-hydrogen) atoms. The molecule has 0 aliphatic carbocycles. The van der Waals surface area contributed by atoms with Crippen LogP contribution in [0, 0.1) is 0 Å². The van der Waals surface area contributed by atoms with Gasteiger partial charge in [-0.05, 0) is 29.7 Å². The highest BCUT2D eigenvalue weighted by molar-refractivity contribution is 5.82. The van der Waals surface area contributed by atoms with Crippen molar-refractivity contribution in [3.63, 3.8) is 0 Å². The van der Waals surface area contributed by atoms with Gasteiger partial charge in [-0.25, -0.2) is 0 Å². The summed E-state index contributed by atoms with van der Waals surface area (Å²) in [6, 6.07) is 13.2. The third-order valence-electron chi connectivity index (χ3n) is 4.69. The average molecular weight is 349 g/mol. The fourth-order valence-corrected chi connectivity index (χ4v) is 3.25. The van der Waals surface area contributed by atoms with Crippen LogP contribution >= 0.6 is 0 Å². The molecule has 4 rings (SSSR count). The summed E-state index contributed by atoms with van der Waals surface area (Å²) in [6.07, 6.45) is 1.76. The van der Waals surface area contributed by atoms with E-state index in [4.69, 9.17) is 0 Å². The number of aromatic amines is 1. The summed E-state index contributed by atoms with van der Waals surface area (Å²) in [4.78, 5) is 31.6. The maximum atomic E-state index is 12.6. The lowest BCUT2D eigenvalue weighted by Gasteiger charge is -2.35. The van der Waals surface area contributed by atoms with Gasteiger partial charge in [-0.2, -0.15) is 5.10 Å². The Morgan fingerprint density at radius 1 is 1.08 bits per heavy atom. The van der Waals surface area contributed by atoms with Gasteiger partial charge in [-0.1, -0.05) is 18.2 Å². The third kappa shape index (κ3) is 3.28. The first-order valence-electron chi connectivity index (χ1n) is 8.62. The number of H-pyrrole nitrogens is 1. The van der Waals surface area contributed by atoms with Gasteiger partial charge >= 0.3 is 0 Å². The Labute approximate surface area is 150 Å². The number of fused-ring (bicyclic) bond motifs is 1. The van der Waals surface area contributed by atoms with Crippen molar-refractivity contribution in [3.8, 4) is 0 Å². The van der Waals surface area contributed by atoms with Crippen molar-refractivity contribution in [3.05, 3.63) is 64.6 Å². The van der Waals surface area contributed by atoms with Crippen LogP contribution in [0.2, 0.25) is 0 Å². The van der Waals surface area contributed by atoms with Gasteiger partial charge in [0.25, 0.3) is 5.56 Å². The summed E-state index contributed by atoms with van der Waals surface area (Å²) in [5.74, 6) is 0.801. The van der Waals surface area contributed by atoms with E-state index in [1.165, 1.54) is 0 Å². The second-order valence-electron chi connectivity index (χ2n) is 6.34. The molecular formula is C19H19N5O2. The molecule has 3 aromatic rings. The van der Waals surface area contributed by atoms with Crippen LogP contribution in [0.25, 0.3) is 10.9 Å². The summed E-state index contributed by atoms with van der Waals surface area (Å²) < 4.78 is 0. The van der Waals surface area contributed by atoms with Crippen molar-refractivity contribution in [1.82, 2.24) is 20.1 Å². The van der Waals surface area contributed by atoms with Gasteiger partial charge in [-0.3, -0.25) is 9.59 Å². The van der Waals surface area contributed by atoms with Gasteiger partial charge in [-0.15, -0.1) is 5.10 Å². The van der Waals surface area contributed by atoms with E-state index in [1.807, 2.05) is 47.4 Å². The number of carbonyl (C=O) groups is 1. The molecule has 3 heterocycles. The number of rotatable bonds is 3. The molecule has 1 N–H and O–H groups in total. The summed E-state index contributed by atoms with van der Waals surface area (Å²) in [5, 5.41) is 8.93. The number of pyridine rings is 1. The van der Waals surface area contributed by atoms with Crippen molar-refractivity contribution < 1.29 is 4.79 Å². The minimum atomic E-state index is -0.199. The Bertz CT molecular complexity index is 978. The van der Waals surface area contributed by atoms with Gasteiger partial charge < -0.3 is 14.8 Å². The first-order chi connectivity index (χ1) is 12.7. The minimum Gasteiger partial charge on any atom is -0.352 e. The van der Waals surface area contributed by atoms with Crippen molar-refractivity contribution in [2.24, 2.45) is 0 Å². The molecule has 1 aromatic carbocycles. The summed E-state index contributed by atoms with van der Waals surface area (Å²) in [6.45, 7) is 2.64. The highest BCUT2D eigenvalue weighted by Gasteiger charge is 2.22. The second-order valence-corrected chi connectivity index (χ2v) is 6.34. The van der Waals surface area contributed by atoms with Crippen LogP contribution in [0.5, 0.6) is 0 Å². The van der Waals surface area contributed by atoms with E-state index in [-0.39, 0.29) is 17.9 Å². The maximum Gasteiger partial charge on any atom is 0.252 e. The predicted molar refractivity (Wildman–Crippen MR) is 99.1 cm³/mol. The zero-order valence-electron chi connectivity index (χ0n) is 14.3. The number of hydrogen-bond acceptors (Lipinski definition) is 5. The Hall–Kier alpha value is -3.22. The van der Waals surface area contributed by atoms with Gasteiger partial charge in [0.15, 0.2) is 5.82 Å². The molecule has 1 saturated heterocycles. The number of amides is 1. The number of benzene rings is 1. The first-order valence-corrected chi connectivity index (χ1v) is 8.62. The van der Waals surface area contributed by atoms with Gasteiger partial charge in [0.2, 0.25) is 5.91 Å². The smallest absolute Gasteiger partial charge is 0.252 e. The number of nitrogens with zero attached hydrogens (tertiary/aromatic N) is 4. The summed E-state index contributed by atoms with van der Waals surface area (Å²) >= 11 is 0. The number of hydrogen-bond donors (Lipinski definition) is 1. The van der Waals surface area contributed by atoms with E-state index in [1.54, 1.807) is 6.20 Å².